The van der Waals surface area contributed by atoms with Gasteiger partial charge in [0.05, 0.1) is 14.2 Å². The molecule has 0 aliphatic heterocycles. The summed E-state index contributed by atoms with van der Waals surface area (Å²) in [6, 6.07) is 11.7. The van der Waals surface area contributed by atoms with Gasteiger partial charge < -0.3 is 24.6 Å². The van der Waals surface area contributed by atoms with Crippen molar-refractivity contribution in [2.45, 2.75) is 32.4 Å². The summed E-state index contributed by atoms with van der Waals surface area (Å²) in [7, 11) is 2.92. The second kappa shape index (κ2) is 10.2. The fourth-order valence-electron chi connectivity index (χ4n) is 2.67. The first-order chi connectivity index (χ1) is 13.5. The number of methoxy groups -OCH3 is 2. The Morgan fingerprint density at radius 3 is 2.18 bits per heavy atom. The molecule has 7 nitrogen and oxygen atoms in total. The molecule has 7 heteroatoms. The monoisotopic (exact) mass is 387 g/mol. The van der Waals surface area contributed by atoms with E-state index in [-0.39, 0.29) is 5.56 Å². The van der Waals surface area contributed by atoms with Crippen molar-refractivity contribution in [3.8, 4) is 17.2 Å². The maximum Gasteiger partial charge on any atom is 0.326 e. The van der Waals surface area contributed by atoms with Gasteiger partial charge in [-0.3, -0.25) is 4.79 Å². The number of benzene rings is 2. The number of hydrogen-bond acceptors (Lipinski definition) is 5. The highest BCUT2D eigenvalue weighted by Crippen LogP contribution is 2.39. The first-order valence-corrected chi connectivity index (χ1v) is 8.96. The van der Waals surface area contributed by atoms with Crippen LogP contribution in [0.3, 0.4) is 0 Å². The number of rotatable bonds is 10. The van der Waals surface area contributed by atoms with Crippen LogP contribution in [-0.2, 0) is 11.4 Å². The van der Waals surface area contributed by atoms with Crippen LogP contribution >= 0.6 is 0 Å². The maximum atomic E-state index is 12.5. The summed E-state index contributed by atoms with van der Waals surface area (Å²) >= 11 is 0. The number of ether oxygens (including phenoxy) is 3. The van der Waals surface area contributed by atoms with Crippen LogP contribution in [0.25, 0.3) is 0 Å². The first kappa shape index (κ1) is 21.1. The van der Waals surface area contributed by atoms with E-state index in [4.69, 9.17) is 14.2 Å². The molecule has 0 aliphatic rings. The van der Waals surface area contributed by atoms with Crippen molar-refractivity contribution in [1.82, 2.24) is 5.32 Å². The van der Waals surface area contributed by atoms with Gasteiger partial charge in [0.2, 0.25) is 5.75 Å². The van der Waals surface area contributed by atoms with E-state index in [0.717, 1.165) is 5.56 Å². The summed E-state index contributed by atoms with van der Waals surface area (Å²) in [4.78, 5) is 23.8. The molecule has 0 saturated carbocycles. The van der Waals surface area contributed by atoms with E-state index in [0.29, 0.717) is 36.7 Å². The van der Waals surface area contributed by atoms with Crippen molar-refractivity contribution < 1.29 is 28.9 Å². The molecule has 0 aromatic heterocycles. The molecule has 1 atom stereocenters. The molecule has 0 bridgehead atoms. The molecule has 2 rings (SSSR count). The van der Waals surface area contributed by atoms with Gasteiger partial charge in [0.25, 0.3) is 5.91 Å². The summed E-state index contributed by atoms with van der Waals surface area (Å²) in [6.07, 6.45) is 0.976. The van der Waals surface area contributed by atoms with Crippen molar-refractivity contribution >= 4 is 11.9 Å². The van der Waals surface area contributed by atoms with Crippen molar-refractivity contribution in [1.29, 1.82) is 0 Å². The number of carboxylic acid groups (broad SMARTS) is 1. The van der Waals surface area contributed by atoms with E-state index >= 15 is 0 Å². The number of aliphatic carboxylic acids is 1. The summed E-state index contributed by atoms with van der Waals surface area (Å²) in [6.45, 7) is 2.16. The highest BCUT2D eigenvalue weighted by Gasteiger charge is 2.22. The van der Waals surface area contributed by atoms with Crippen molar-refractivity contribution in [2.75, 3.05) is 14.2 Å². The van der Waals surface area contributed by atoms with Gasteiger partial charge in [0.1, 0.15) is 12.6 Å². The quantitative estimate of drug-likeness (QED) is 0.650. The molecular weight excluding hydrogens is 362 g/mol. The van der Waals surface area contributed by atoms with Crippen LogP contribution in [-0.4, -0.2) is 37.2 Å². The minimum Gasteiger partial charge on any atom is -0.493 e. The lowest BCUT2D eigenvalue weighted by molar-refractivity contribution is -0.139. The van der Waals surface area contributed by atoms with Crippen molar-refractivity contribution in [3.05, 3.63) is 53.6 Å². The molecule has 1 amide bonds. The second-order valence-corrected chi connectivity index (χ2v) is 6.14. The number of carboxylic acids is 1. The summed E-state index contributed by atoms with van der Waals surface area (Å²) in [5.74, 6) is -0.580. The molecule has 1 unspecified atom stereocenters. The fraction of sp³-hybridized carbons (Fsp3) is 0.333. The summed E-state index contributed by atoms with van der Waals surface area (Å²) < 4.78 is 16.6. The van der Waals surface area contributed by atoms with Gasteiger partial charge in [-0.25, -0.2) is 4.79 Å². The van der Waals surface area contributed by atoms with E-state index < -0.39 is 17.9 Å². The van der Waals surface area contributed by atoms with Crippen LogP contribution in [0, 0.1) is 0 Å². The van der Waals surface area contributed by atoms with E-state index in [1.807, 2.05) is 37.3 Å². The van der Waals surface area contributed by atoms with Crippen LogP contribution in [0.1, 0.15) is 35.7 Å². The predicted octanol–water partition coefficient (Wildman–Crippen LogP) is 3.27. The van der Waals surface area contributed by atoms with E-state index in [2.05, 4.69) is 5.32 Å². The molecule has 150 valence electrons. The van der Waals surface area contributed by atoms with Crippen LogP contribution < -0.4 is 19.5 Å². The lowest BCUT2D eigenvalue weighted by atomic mass is 10.1. The third kappa shape index (κ3) is 5.39. The number of nitrogens with one attached hydrogen (secondary N) is 1. The molecule has 0 fully saturated rings. The molecular formula is C21H25NO6. The largest absolute Gasteiger partial charge is 0.493 e. The zero-order valence-electron chi connectivity index (χ0n) is 16.2. The topological polar surface area (TPSA) is 94.1 Å². The zero-order chi connectivity index (χ0) is 20.5. The molecule has 2 aromatic carbocycles. The molecule has 0 saturated heterocycles. The molecule has 0 spiro atoms. The average Bonchev–Trinajstić information content (AvgIpc) is 2.71. The third-order valence-electron chi connectivity index (χ3n) is 4.13. The van der Waals surface area contributed by atoms with Gasteiger partial charge in [-0.05, 0) is 24.1 Å². The minimum absolute atomic E-state index is 0.225. The number of carbonyl (C=O) groups is 2. The normalized spacial score (nSPS) is 11.4. The van der Waals surface area contributed by atoms with E-state index in [1.54, 1.807) is 0 Å². The number of carbonyl (C=O) groups excluding carboxylic acids is 1. The van der Waals surface area contributed by atoms with E-state index in [1.165, 1.54) is 26.4 Å². The predicted molar refractivity (Wildman–Crippen MR) is 104 cm³/mol. The Bertz CT molecular complexity index is 781. The molecule has 2 aromatic rings. The van der Waals surface area contributed by atoms with Gasteiger partial charge in [0.15, 0.2) is 11.5 Å². The second-order valence-electron chi connectivity index (χ2n) is 6.14. The highest BCUT2D eigenvalue weighted by atomic mass is 16.5. The maximum absolute atomic E-state index is 12.5. The lowest BCUT2D eigenvalue weighted by Crippen LogP contribution is -2.40. The summed E-state index contributed by atoms with van der Waals surface area (Å²) in [5, 5.41) is 11.8. The Morgan fingerprint density at radius 2 is 1.68 bits per heavy atom. The SMILES string of the molecule is CCCC(NC(=O)c1cc(OC)c(OCc2ccccc2)c(OC)c1)C(=O)O. The molecule has 0 aliphatic carbocycles. The number of amides is 1. The van der Waals surface area contributed by atoms with Crippen molar-refractivity contribution in [2.24, 2.45) is 0 Å². The Balaban J connectivity index is 2.25. The average molecular weight is 387 g/mol. The Hall–Kier alpha value is -3.22. The van der Waals surface area contributed by atoms with Gasteiger partial charge >= 0.3 is 5.97 Å². The van der Waals surface area contributed by atoms with Gasteiger partial charge in [-0.2, -0.15) is 0 Å². The van der Waals surface area contributed by atoms with Crippen LogP contribution in [0.15, 0.2) is 42.5 Å². The molecule has 2 N–H and O–H groups in total. The molecule has 0 radical (unpaired) electrons. The molecule has 28 heavy (non-hydrogen) atoms. The van der Waals surface area contributed by atoms with Crippen molar-refractivity contribution in [3.63, 3.8) is 0 Å². The number of hydrogen-bond donors (Lipinski definition) is 2. The van der Waals surface area contributed by atoms with Crippen LogP contribution in [0.2, 0.25) is 0 Å². The smallest absolute Gasteiger partial charge is 0.326 e. The lowest BCUT2D eigenvalue weighted by Gasteiger charge is -2.17. The van der Waals surface area contributed by atoms with Crippen LogP contribution in [0.4, 0.5) is 0 Å². The first-order valence-electron chi connectivity index (χ1n) is 8.96. The zero-order valence-corrected chi connectivity index (χ0v) is 16.2. The fourth-order valence-corrected chi connectivity index (χ4v) is 2.67. The van der Waals surface area contributed by atoms with E-state index in [9.17, 15) is 14.7 Å². The van der Waals surface area contributed by atoms with Gasteiger partial charge in [0, 0.05) is 5.56 Å². The standard InChI is InChI=1S/C21H25NO6/c1-4-8-16(21(24)25)22-20(23)15-11-17(26-2)19(18(12-15)27-3)28-13-14-9-6-5-7-10-14/h5-7,9-12,16H,4,8,13H2,1-3H3,(H,22,23)(H,24,25). The third-order valence-corrected chi connectivity index (χ3v) is 4.13. The Labute approximate surface area is 164 Å². The minimum atomic E-state index is -1.07. The Morgan fingerprint density at radius 1 is 1.07 bits per heavy atom. The van der Waals surface area contributed by atoms with Crippen LogP contribution in [0.5, 0.6) is 17.2 Å². The summed E-state index contributed by atoms with van der Waals surface area (Å²) in [5.41, 5.74) is 1.19. The highest BCUT2D eigenvalue weighted by molar-refractivity contribution is 5.97. The Kier molecular flexibility index (Phi) is 7.68. The molecule has 0 heterocycles. The van der Waals surface area contributed by atoms with Gasteiger partial charge in [-0.15, -0.1) is 0 Å². The van der Waals surface area contributed by atoms with Gasteiger partial charge in [-0.1, -0.05) is 43.7 Å².